The van der Waals surface area contributed by atoms with Gasteiger partial charge in [0, 0.05) is 35.7 Å². The molecule has 0 bridgehead atoms. The molecule has 0 spiro atoms. The lowest BCUT2D eigenvalue weighted by atomic mass is 10.0. The summed E-state index contributed by atoms with van der Waals surface area (Å²) in [5.74, 6) is 0.621. The number of nitrogens with zero attached hydrogens (tertiary/aromatic N) is 1. The molecule has 1 atom stereocenters. The normalized spacial score (nSPS) is 13.6. The quantitative estimate of drug-likeness (QED) is 0.854. The summed E-state index contributed by atoms with van der Waals surface area (Å²) < 4.78 is 0. The van der Waals surface area contributed by atoms with Crippen molar-refractivity contribution >= 4 is 22.5 Å². The lowest BCUT2D eigenvalue weighted by Crippen LogP contribution is -2.41. The fraction of sp³-hybridized carbons (Fsp3) is 0.500. The molecule has 1 aromatic carbocycles. The molecule has 0 aliphatic rings. The van der Waals surface area contributed by atoms with Gasteiger partial charge >= 0.3 is 0 Å². The van der Waals surface area contributed by atoms with E-state index in [1.165, 1.54) is 0 Å². The number of hydrogen-bond donors (Lipinski definition) is 2. The van der Waals surface area contributed by atoms with Crippen molar-refractivity contribution in [2.75, 3.05) is 20.6 Å². The number of halogens is 1. The molecule has 1 heterocycles. The Morgan fingerprint density at radius 2 is 1.95 bits per heavy atom. The van der Waals surface area contributed by atoms with E-state index in [4.69, 9.17) is 11.6 Å². The van der Waals surface area contributed by atoms with Gasteiger partial charge in [0.05, 0.1) is 5.02 Å². The maximum Gasteiger partial charge on any atom is 0.0705 e. The van der Waals surface area contributed by atoms with Crippen molar-refractivity contribution in [3.63, 3.8) is 0 Å². The van der Waals surface area contributed by atoms with Crippen molar-refractivity contribution in [1.82, 2.24) is 15.2 Å². The fourth-order valence-electron chi connectivity index (χ4n) is 2.64. The Hall–Kier alpha value is -1.03. The standard InChI is InChI=1S/C16H24ClN3/c1-11(2)15(20(3)4)10-18-9-14-16(17)12-7-5-6-8-13(12)19-14/h5-8,11,15,18-19H,9-10H2,1-4H3. The number of fused-ring (bicyclic) bond motifs is 1. The highest BCUT2D eigenvalue weighted by molar-refractivity contribution is 6.36. The molecule has 0 amide bonds. The second kappa shape index (κ2) is 6.61. The number of H-pyrrole nitrogens is 1. The van der Waals surface area contributed by atoms with Crippen LogP contribution in [-0.4, -0.2) is 36.6 Å². The average Bonchev–Trinajstić information content (AvgIpc) is 2.71. The lowest BCUT2D eigenvalue weighted by molar-refractivity contribution is 0.224. The SMILES string of the molecule is CC(C)C(CNCc1[nH]c2ccccc2c1Cl)N(C)C. The summed E-state index contributed by atoms with van der Waals surface area (Å²) in [4.78, 5) is 5.66. The van der Waals surface area contributed by atoms with E-state index in [1.807, 2.05) is 12.1 Å². The second-order valence-electron chi connectivity index (χ2n) is 5.87. The predicted octanol–water partition coefficient (Wildman–Crippen LogP) is 3.50. The molecule has 0 radical (unpaired) electrons. The van der Waals surface area contributed by atoms with Gasteiger partial charge in [-0.3, -0.25) is 0 Å². The number of benzene rings is 1. The van der Waals surface area contributed by atoms with Gasteiger partial charge in [0.1, 0.15) is 0 Å². The maximum absolute atomic E-state index is 6.42. The average molecular weight is 294 g/mol. The monoisotopic (exact) mass is 293 g/mol. The van der Waals surface area contributed by atoms with Gasteiger partial charge in [-0.1, -0.05) is 43.6 Å². The van der Waals surface area contributed by atoms with E-state index in [-0.39, 0.29) is 0 Å². The van der Waals surface area contributed by atoms with Crippen LogP contribution in [0.25, 0.3) is 10.9 Å². The molecule has 110 valence electrons. The van der Waals surface area contributed by atoms with Crippen LogP contribution in [-0.2, 0) is 6.54 Å². The lowest BCUT2D eigenvalue weighted by Gasteiger charge is -2.28. The fourth-order valence-corrected chi connectivity index (χ4v) is 2.92. The second-order valence-corrected chi connectivity index (χ2v) is 6.25. The van der Waals surface area contributed by atoms with Gasteiger partial charge < -0.3 is 15.2 Å². The molecule has 0 saturated heterocycles. The first-order valence-electron chi connectivity index (χ1n) is 7.13. The number of aromatic amines is 1. The van der Waals surface area contributed by atoms with Crippen molar-refractivity contribution in [3.05, 3.63) is 35.0 Å². The van der Waals surface area contributed by atoms with Crippen LogP contribution in [0, 0.1) is 5.92 Å². The number of hydrogen-bond acceptors (Lipinski definition) is 2. The molecule has 1 aromatic heterocycles. The van der Waals surface area contributed by atoms with Crippen molar-refractivity contribution < 1.29 is 0 Å². The van der Waals surface area contributed by atoms with Gasteiger partial charge in [-0.25, -0.2) is 0 Å². The van der Waals surface area contributed by atoms with Crippen LogP contribution in [0.3, 0.4) is 0 Å². The Kier molecular flexibility index (Phi) is 5.08. The molecular formula is C16H24ClN3. The van der Waals surface area contributed by atoms with Crippen LogP contribution in [0.5, 0.6) is 0 Å². The minimum atomic E-state index is 0.526. The Bertz CT molecular complexity index is 552. The van der Waals surface area contributed by atoms with Gasteiger partial charge in [-0.15, -0.1) is 0 Å². The molecular weight excluding hydrogens is 270 g/mol. The molecule has 2 aromatic rings. The maximum atomic E-state index is 6.42. The molecule has 4 heteroatoms. The number of para-hydroxylation sites is 1. The van der Waals surface area contributed by atoms with Gasteiger partial charge in [0.2, 0.25) is 0 Å². The van der Waals surface area contributed by atoms with Crippen molar-refractivity contribution in [3.8, 4) is 0 Å². The first kappa shape index (κ1) is 15.4. The zero-order valence-corrected chi connectivity index (χ0v) is 13.5. The van der Waals surface area contributed by atoms with Gasteiger partial charge in [-0.2, -0.15) is 0 Å². The molecule has 3 nitrogen and oxygen atoms in total. The number of nitrogens with one attached hydrogen (secondary N) is 2. The molecule has 2 rings (SSSR count). The first-order valence-corrected chi connectivity index (χ1v) is 7.50. The summed E-state index contributed by atoms with van der Waals surface area (Å²) >= 11 is 6.42. The molecule has 0 fully saturated rings. The van der Waals surface area contributed by atoms with E-state index in [2.05, 4.69) is 55.3 Å². The highest BCUT2D eigenvalue weighted by atomic mass is 35.5. The summed E-state index contributed by atoms with van der Waals surface area (Å²) in [5.41, 5.74) is 2.16. The predicted molar refractivity (Wildman–Crippen MR) is 87.3 cm³/mol. The third-order valence-electron chi connectivity index (χ3n) is 3.80. The van der Waals surface area contributed by atoms with Crippen LogP contribution < -0.4 is 5.32 Å². The highest BCUT2D eigenvalue weighted by Crippen LogP contribution is 2.26. The number of rotatable bonds is 6. The largest absolute Gasteiger partial charge is 0.356 e. The zero-order valence-electron chi connectivity index (χ0n) is 12.7. The van der Waals surface area contributed by atoms with E-state index in [0.717, 1.165) is 34.7 Å². The summed E-state index contributed by atoms with van der Waals surface area (Å²) in [7, 11) is 4.25. The van der Waals surface area contributed by atoms with E-state index in [9.17, 15) is 0 Å². The molecule has 1 unspecified atom stereocenters. The Labute approximate surface area is 126 Å². The van der Waals surface area contributed by atoms with Gasteiger partial charge in [-0.05, 0) is 26.1 Å². The zero-order chi connectivity index (χ0) is 14.7. The van der Waals surface area contributed by atoms with E-state index in [1.54, 1.807) is 0 Å². The van der Waals surface area contributed by atoms with E-state index < -0.39 is 0 Å². The van der Waals surface area contributed by atoms with E-state index >= 15 is 0 Å². The minimum absolute atomic E-state index is 0.526. The molecule has 2 N–H and O–H groups in total. The van der Waals surface area contributed by atoms with Crippen LogP contribution in [0.15, 0.2) is 24.3 Å². The molecule has 20 heavy (non-hydrogen) atoms. The Balaban J connectivity index is 2.01. The first-order chi connectivity index (χ1) is 9.50. The van der Waals surface area contributed by atoms with Gasteiger partial charge in [0.25, 0.3) is 0 Å². The highest BCUT2D eigenvalue weighted by Gasteiger charge is 2.15. The number of aromatic nitrogens is 1. The van der Waals surface area contributed by atoms with Crippen LogP contribution >= 0.6 is 11.6 Å². The Morgan fingerprint density at radius 3 is 2.55 bits per heavy atom. The van der Waals surface area contributed by atoms with Crippen molar-refractivity contribution in [2.45, 2.75) is 26.4 Å². The third-order valence-corrected chi connectivity index (χ3v) is 4.23. The number of likely N-dealkylation sites (N-methyl/N-ethyl adjacent to an activating group) is 1. The van der Waals surface area contributed by atoms with Gasteiger partial charge in [0.15, 0.2) is 0 Å². The van der Waals surface area contributed by atoms with Crippen LogP contribution in [0.4, 0.5) is 0 Å². The van der Waals surface area contributed by atoms with E-state index in [0.29, 0.717) is 12.0 Å². The molecule has 0 aliphatic heterocycles. The van der Waals surface area contributed by atoms with Crippen molar-refractivity contribution in [1.29, 1.82) is 0 Å². The third kappa shape index (κ3) is 3.35. The summed E-state index contributed by atoms with van der Waals surface area (Å²) in [6.45, 7) is 6.23. The van der Waals surface area contributed by atoms with Crippen LogP contribution in [0.2, 0.25) is 5.02 Å². The molecule has 0 saturated carbocycles. The summed E-state index contributed by atoms with van der Waals surface area (Å²) in [6.07, 6.45) is 0. The smallest absolute Gasteiger partial charge is 0.0705 e. The van der Waals surface area contributed by atoms with Crippen LogP contribution in [0.1, 0.15) is 19.5 Å². The summed E-state index contributed by atoms with van der Waals surface area (Å²) in [5, 5.41) is 5.44. The Morgan fingerprint density at radius 1 is 1.25 bits per heavy atom. The topological polar surface area (TPSA) is 31.1 Å². The van der Waals surface area contributed by atoms with Crippen molar-refractivity contribution in [2.24, 2.45) is 5.92 Å². The minimum Gasteiger partial charge on any atom is -0.356 e. The summed E-state index contributed by atoms with van der Waals surface area (Å²) in [6, 6.07) is 8.67. The molecule has 0 aliphatic carbocycles.